The summed E-state index contributed by atoms with van der Waals surface area (Å²) in [4.78, 5) is 11.0. The lowest BCUT2D eigenvalue weighted by atomic mass is 10.1. The van der Waals surface area contributed by atoms with Crippen molar-refractivity contribution in [3.63, 3.8) is 0 Å². The summed E-state index contributed by atoms with van der Waals surface area (Å²) in [6.45, 7) is 0. The molecule has 3 atom stereocenters. The van der Waals surface area contributed by atoms with Crippen LogP contribution < -0.4 is 0 Å². The van der Waals surface area contributed by atoms with Crippen LogP contribution in [-0.4, -0.2) is 46.7 Å². The Kier molecular flexibility index (Phi) is 13.0. The molecule has 0 spiro atoms. The molecule has 6 heteroatoms. The number of rotatable bonds is 13. The minimum absolute atomic E-state index is 0.211. The Morgan fingerprint density at radius 2 is 1.57 bits per heavy atom. The first-order valence-corrected chi connectivity index (χ1v) is 9.96. The number of carbonyl (C=O) groups excluding carboxylic acids is 1. The summed E-state index contributed by atoms with van der Waals surface area (Å²) in [5.41, 5.74) is 0.977. The molecular formula is C24H31FO5. The van der Waals surface area contributed by atoms with E-state index in [0.717, 1.165) is 5.56 Å². The Morgan fingerprint density at radius 1 is 0.967 bits per heavy atom. The summed E-state index contributed by atoms with van der Waals surface area (Å²) in [6, 6.07) is 6.24. The second-order valence-electron chi connectivity index (χ2n) is 6.80. The van der Waals surface area contributed by atoms with Gasteiger partial charge in [-0.25, -0.2) is 4.39 Å². The molecule has 0 amide bonds. The number of benzene rings is 1. The number of methoxy groups -OCH3 is 1. The van der Waals surface area contributed by atoms with Crippen molar-refractivity contribution in [1.82, 2.24) is 0 Å². The highest BCUT2D eigenvalue weighted by Gasteiger charge is 2.13. The van der Waals surface area contributed by atoms with E-state index in [0.29, 0.717) is 25.7 Å². The van der Waals surface area contributed by atoms with Gasteiger partial charge in [0.25, 0.3) is 0 Å². The number of ether oxygens (including phenoxy) is 1. The van der Waals surface area contributed by atoms with Gasteiger partial charge in [0.1, 0.15) is 5.82 Å². The molecule has 0 bridgehead atoms. The van der Waals surface area contributed by atoms with Crippen LogP contribution in [0.3, 0.4) is 0 Å². The molecule has 30 heavy (non-hydrogen) atoms. The summed E-state index contributed by atoms with van der Waals surface area (Å²) in [5.74, 6) is -0.607. The average Bonchev–Trinajstić information content (AvgIpc) is 2.74. The van der Waals surface area contributed by atoms with Gasteiger partial charge in [0.05, 0.1) is 25.4 Å². The van der Waals surface area contributed by atoms with E-state index in [2.05, 4.69) is 4.74 Å². The first-order chi connectivity index (χ1) is 14.4. The molecule has 1 rings (SSSR count). The molecule has 0 aliphatic carbocycles. The molecular weight excluding hydrogens is 387 g/mol. The van der Waals surface area contributed by atoms with Crippen molar-refractivity contribution >= 4 is 5.97 Å². The second-order valence-corrected chi connectivity index (χ2v) is 6.80. The third-order valence-corrected chi connectivity index (χ3v) is 4.34. The summed E-state index contributed by atoms with van der Waals surface area (Å²) < 4.78 is 17.4. The predicted molar refractivity (Wildman–Crippen MR) is 115 cm³/mol. The molecule has 0 saturated heterocycles. The van der Waals surface area contributed by atoms with Gasteiger partial charge in [0.15, 0.2) is 0 Å². The van der Waals surface area contributed by atoms with Crippen molar-refractivity contribution in [3.05, 3.63) is 84.3 Å². The molecule has 0 unspecified atom stereocenters. The molecule has 0 aliphatic heterocycles. The van der Waals surface area contributed by atoms with Gasteiger partial charge in [-0.15, -0.1) is 0 Å². The molecule has 0 saturated carbocycles. The monoisotopic (exact) mass is 418 g/mol. The lowest BCUT2D eigenvalue weighted by Crippen LogP contribution is -2.23. The summed E-state index contributed by atoms with van der Waals surface area (Å²) in [7, 11) is 1.31. The molecule has 0 heterocycles. The number of halogens is 1. The Bertz CT molecular complexity index is 722. The van der Waals surface area contributed by atoms with Gasteiger partial charge in [0.2, 0.25) is 0 Å². The van der Waals surface area contributed by atoms with Gasteiger partial charge >= 0.3 is 5.97 Å². The van der Waals surface area contributed by atoms with Crippen molar-refractivity contribution in [2.24, 2.45) is 0 Å². The van der Waals surface area contributed by atoms with Gasteiger partial charge < -0.3 is 20.1 Å². The van der Waals surface area contributed by atoms with Crippen LogP contribution in [0.5, 0.6) is 0 Å². The number of esters is 1. The molecule has 3 N–H and O–H groups in total. The summed E-state index contributed by atoms with van der Waals surface area (Å²) >= 11 is 0. The molecule has 0 aliphatic rings. The Balaban J connectivity index is 2.23. The van der Waals surface area contributed by atoms with Crippen LogP contribution in [0, 0.1) is 5.82 Å². The van der Waals surface area contributed by atoms with E-state index in [-0.39, 0.29) is 18.2 Å². The van der Waals surface area contributed by atoms with Crippen molar-refractivity contribution in [3.8, 4) is 0 Å². The second kappa shape index (κ2) is 15.3. The van der Waals surface area contributed by atoms with Gasteiger partial charge in [0, 0.05) is 6.42 Å². The first-order valence-electron chi connectivity index (χ1n) is 9.96. The molecule has 1 aromatic carbocycles. The van der Waals surface area contributed by atoms with Crippen LogP contribution in [0.4, 0.5) is 4.39 Å². The number of hydrogen-bond acceptors (Lipinski definition) is 5. The smallest absolute Gasteiger partial charge is 0.305 e. The zero-order chi connectivity index (χ0) is 22.2. The Hall–Kier alpha value is -2.54. The quantitative estimate of drug-likeness (QED) is 0.338. The van der Waals surface area contributed by atoms with Crippen LogP contribution in [0.15, 0.2) is 72.9 Å². The minimum atomic E-state index is -1.01. The number of aliphatic hydroxyl groups excluding tert-OH is 3. The lowest BCUT2D eigenvalue weighted by Gasteiger charge is -2.13. The highest BCUT2D eigenvalue weighted by molar-refractivity contribution is 5.68. The predicted octanol–water partition coefficient (Wildman–Crippen LogP) is 3.41. The topological polar surface area (TPSA) is 87.0 Å². The minimum Gasteiger partial charge on any atom is -0.469 e. The molecule has 1 aromatic rings. The van der Waals surface area contributed by atoms with E-state index in [1.165, 1.54) is 25.3 Å². The largest absolute Gasteiger partial charge is 0.469 e. The number of aliphatic hydroxyl groups is 3. The van der Waals surface area contributed by atoms with Crippen molar-refractivity contribution in [1.29, 1.82) is 0 Å². The van der Waals surface area contributed by atoms with E-state index >= 15 is 0 Å². The number of hydrogen-bond donors (Lipinski definition) is 3. The standard InChI is InChI=1S/C24H31FO5/c1-30-24(29)12-8-11-23(28)22(27)10-7-5-3-2-4-6-9-21(26)18-15-19-13-16-20(25)17-14-19/h2-7,9-10,13-14,16-17,21-23,26-28H,8,11-12,15,18H2,1H3/b4-2-,5-3+,9-6+,10-7+/t21-,22-,23+/m1/s1. The third-order valence-electron chi connectivity index (χ3n) is 4.34. The lowest BCUT2D eigenvalue weighted by molar-refractivity contribution is -0.140. The zero-order valence-electron chi connectivity index (χ0n) is 17.2. The first kappa shape index (κ1) is 25.5. The highest BCUT2D eigenvalue weighted by atomic mass is 19.1. The number of carbonyl (C=O) groups is 1. The number of allylic oxidation sites excluding steroid dienone is 6. The zero-order valence-corrected chi connectivity index (χ0v) is 17.2. The van der Waals surface area contributed by atoms with E-state index in [4.69, 9.17) is 0 Å². The van der Waals surface area contributed by atoms with Crippen LogP contribution in [0.2, 0.25) is 0 Å². The Morgan fingerprint density at radius 3 is 2.20 bits per heavy atom. The third kappa shape index (κ3) is 12.1. The molecule has 5 nitrogen and oxygen atoms in total. The van der Waals surface area contributed by atoms with Crippen LogP contribution in [-0.2, 0) is 16.0 Å². The van der Waals surface area contributed by atoms with E-state index in [1.807, 2.05) is 0 Å². The van der Waals surface area contributed by atoms with Crippen molar-refractivity contribution in [2.45, 2.75) is 50.4 Å². The normalized spacial score (nSPS) is 15.4. The van der Waals surface area contributed by atoms with Crippen LogP contribution in [0.1, 0.15) is 31.2 Å². The summed E-state index contributed by atoms with van der Waals surface area (Å²) in [5, 5.41) is 29.6. The van der Waals surface area contributed by atoms with Gasteiger partial charge in [-0.1, -0.05) is 60.7 Å². The fourth-order valence-corrected chi connectivity index (χ4v) is 2.55. The maximum Gasteiger partial charge on any atom is 0.305 e. The fourth-order valence-electron chi connectivity index (χ4n) is 2.55. The van der Waals surface area contributed by atoms with Crippen molar-refractivity contribution < 1.29 is 29.2 Å². The highest BCUT2D eigenvalue weighted by Crippen LogP contribution is 2.08. The van der Waals surface area contributed by atoms with Gasteiger partial charge in [-0.3, -0.25) is 4.79 Å². The van der Waals surface area contributed by atoms with Gasteiger partial charge in [-0.2, -0.15) is 0 Å². The molecule has 0 radical (unpaired) electrons. The van der Waals surface area contributed by atoms with E-state index < -0.39 is 18.3 Å². The van der Waals surface area contributed by atoms with Crippen LogP contribution in [0.25, 0.3) is 0 Å². The Labute approximate surface area is 177 Å². The molecule has 0 fully saturated rings. The van der Waals surface area contributed by atoms with Gasteiger partial charge in [-0.05, 0) is 43.4 Å². The van der Waals surface area contributed by atoms with E-state index in [9.17, 15) is 24.5 Å². The van der Waals surface area contributed by atoms with E-state index in [1.54, 1.807) is 54.7 Å². The van der Waals surface area contributed by atoms with Crippen molar-refractivity contribution in [2.75, 3.05) is 7.11 Å². The maximum atomic E-state index is 12.8. The van der Waals surface area contributed by atoms with Crippen LogP contribution >= 0.6 is 0 Å². The fraction of sp³-hybridized carbons (Fsp3) is 0.375. The molecule has 164 valence electrons. The molecule has 0 aromatic heterocycles. The maximum absolute atomic E-state index is 12.8. The average molecular weight is 419 g/mol. The SMILES string of the molecule is COC(=O)CCC[C@H](O)[C@H](O)/C=C/C=C/C=C\C=C\[C@@H](O)CCc1ccc(F)cc1. The number of aryl methyl sites for hydroxylation is 1. The summed E-state index contributed by atoms with van der Waals surface area (Å²) in [6.07, 6.45) is 13.2.